The molecule has 1 nitrogen and oxygen atoms in total. The monoisotopic (exact) mass is 295 g/mol. The van der Waals surface area contributed by atoms with Crippen LogP contribution in [0.25, 0.3) is 0 Å². The molecule has 15 heavy (non-hydrogen) atoms. The molecular weight excluding hydrogens is 280 g/mol. The van der Waals surface area contributed by atoms with E-state index in [9.17, 15) is 4.39 Å². The molecule has 0 aromatic heterocycles. The van der Waals surface area contributed by atoms with Gasteiger partial charge in [0.25, 0.3) is 0 Å². The summed E-state index contributed by atoms with van der Waals surface area (Å²) in [6.07, 6.45) is 0.871. The van der Waals surface area contributed by atoms with Crippen LogP contribution in [0.4, 0.5) is 4.39 Å². The highest BCUT2D eigenvalue weighted by atomic mass is 79.9. The third-order valence-electron chi connectivity index (χ3n) is 2.04. The number of nitrogens with two attached hydrogens (primary N) is 1. The van der Waals surface area contributed by atoms with E-state index in [1.807, 2.05) is 6.07 Å². The standard InChI is InChI=1S/C11H15BrFN.ClH/c1-7(2)3-11(14)8-4-9(12)6-10(13)5-8;/h4-7,11H,3,14H2,1-2H3;1H/t11-;/m1./s1. The summed E-state index contributed by atoms with van der Waals surface area (Å²) < 4.78 is 13.8. The highest BCUT2D eigenvalue weighted by molar-refractivity contribution is 9.10. The first-order chi connectivity index (χ1) is 6.49. The summed E-state index contributed by atoms with van der Waals surface area (Å²) in [4.78, 5) is 0. The molecule has 0 radical (unpaired) electrons. The lowest BCUT2D eigenvalue weighted by Crippen LogP contribution is -2.13. The fourth-order valence-corrected chi connectivity index (χ4v) is 1.92. The molecule has 2 N–H and O–H groups in total. The molecule has 0 unspecified atom stereocenters. The topological polar surface area (TPSA) is 26.0 Å². The molecule has 0 heterocycles. The fourth-order valence-electron chi connectivity index (χ4n) is 1.43. The molecular formula is C11H16BrClFN. The minimum Gasteiger partial charge on any atom is -0.324 e. The van der Waals surface area contributed by atoms with Crippen LogP contribution in [0.15, 0.2) is 22.7 Å². The van der Waals surface area contributed by atoms with Gasteiger partial charge < -0.3 is 5.73 Å². The van der Waals surface area contributed by atoms with Crippen molar-refractivity contribution >= 4 is 28.3 Å². The lowest BCUT2D eigenvalue weighted by atomic mass is 9.98. The van der Waals surface area contributed by atoms with E-state index in [0.717, 1.165) is 16.5 Å². The molecule has 0 aliphatic carbocycles. The quantitative estimate of drug-likeness (QED) is 0.894. The van der Waals surface area contributed by atoms with E-state index in [-0.39, 0.29) is 24.3 Å². The number of hydrogen-bond acceptors (Lipinski definition) is 1. The molecule has 1 rings (SSSR count). The van der Waals surface area contributed by atoms with E-state index in [0.29, 0.717) is 5.92 Å². The molecule has 0 bridgehead atoms. The van der Waals surface area contributed by atoms with Gasteiger partial charge in [-0.15, -0.1) is 12.4 Å². The second kappa shape index (κ2) is 6.46. The van der Waals surface area contributed by atoms with E-state index >= 15 is 0 Å². The lowest BCUT2D eigenvalue weighted by Gasteiger charge is -2.14. The second-order valence-corrected chi connectivity index (χ2v) is 4.85. The Bertz CT molecular complexity index is 297. The van der Waals surface area contributed by atoms with Crippen molar-refractivity contribution in [2.24, 2.45) is 11.7 Å². The Labute approximate surface area is 105 Å². The minimum absolute atomic E-state index is 0. The van der Waals surface area contributed by atoms with Gasteiger partial charge in [-0.05, 0) is 36.1 Å². The Morgan fingerprint density at radius 2 is 1.93 bits per heavy atom. The predicted octanol–water partition coefficient (Wildman–Crippen LogP) is 4.06. The summed E-state index contributed by atoms with van der Waals surface area (Å²) in [5.41, 5.74) is 6.80. The fraction of sp³-hybridized carbons (Fsp3) is 0.455. The number of hydrogen-bond donors (Lipinski definition) is 1. The third-order valence-corrected chi connectivity index (χ3v) is 2.50. The van der Waals surface area contributed by atoms with Crippen LogP contribution in [0.1, 0.15) is 31.9 Å². The molecule has 0 saturated carbocycles. The second-order valence-electron chi connectivity index (χ2n) is 3.94. The van der Waals surface area contributed by atoms with E-state index in [1.54, 1.807) is 0 Å². The maximum absolute atomic E-state index is 13.0. The van der Waals surface area contributed by atoms with Crippen LogP contribution in [0, 0.1) is 11.7 Å². The largest absolute Gasteiger partial charge is 0.324 e. The van der Waals surface area contributed by atoms with Crippen LogP contribution in [0.3, 0.4) is 0 Å². The normalized spacial score (nSPS) is 12.4. The molecule has 0 saturated heterocycles. The van der Waals surface area contributed by atoms with Gasteiger partial charge in [0.1, 0.15) is 5.82 Å². The summed E-state index contributed by atoms with van der Waals surface area (Å²) in [6.45, 7) is 4.21. The first-order valence-electron chi connectivity index (χ1n) is 4.70. The van der Waals surface area contributed by atoms with Gasteiger partial charge in [-0.2, -0.15) is 0 Å². The van der Waals surface area contributed by atoms with Crippen LogP contribution in [0.5, 0.6) is 0 Å². The van der Waals surface area contributed by atoms with Gasteiger partial charge in [0.15, 0.2) is 0 Å². The summed E-state index contributed by atoms with van der Waals surface area (Å²) in [5.74, 6) is 0.278. The Hall–Kier alpha value is -0.120. The summed E-state index contributed by atoms with van der Waals surface area (Å²) in [6, 6.07) is 4.72. The van der Waals surface area contributed by atoms with Gasteiger partial charge in [0.05, 0.1) is 0 Å². The average molecular weight is 297 g/mol. The lowest BCUT2D eigenvalue weighted by molar-refractivity contribution is 0.507. The van der Waals surface area contributed by atoms with Gasteiger partial charge in [0, 0.05) is 10.5 Å². The first-order valence-corrected chi connectivity index (χ1v) is 5.50. The highest BCUT2D eigenvalue weighted by Crippen LogP contribution is 2.23. The number of rotatable bonds is 3. The van der Waals surface area contributed by atoms with Crippen LogP contribution in [-0.2, 0) is 0 Å². The predicted molar refractivity (Wildman–Crippen MR) is 67.7 cm³/mol. The summed E-state index contributed by atoms with van der Waals surface area (Å²) >= 11 is 3.25. The molecule has 0 aliphatic heterocycles. The van der Waals surface area contributed by atoms with Gasteiger partial charge in [-0.1, -0.05) is 29.8 Å². The van der Waals surface area contributed by atoms with Crippen LogP contribution in [0.2, 0.25) is 0 Å². The molecule has 0 aliphatic rings. The van der Waals surface area contributed by atoms with Crippen LogP contribution >= 0.6 is 28.3 Å². The zero-order valence-corrected chi connectivity index (χ0v) is 11.2. The Morgan fingerprint density at radius 3 is 2.40 bits per heavy atom. The van der Waals surface area contributed by atoms with Gasteiger partial charge in [0.2, 0.25) is 0 Å². The van der Waals surface area contributed by atoms with Crippen molar-refractivity contribution in [3.8, 4) is 0 Å². The first kappa shape index (κ1) is 14.9. The smallest absolute Gasteiger partial charge is 0.124 e. The van der Waals surface area contributed by atoms with E-state index in [2.05, 4.69) is 29.8 Å². The van der Waals surface area contributed by atoms with Crippen molar-refractivity contribution in [3.05, 3.63) is 34.1 Å². The Balaban J connectivity index is 0.00000196. The number of halogens is 3. The zero-order chi connectivity index (χ0) is 10.7. The van der Waals surface area contributed by atoms with Crippen molar-refractivity contribution in [1.82, 2.24) is 0 Å². The molecule has 86 valence electrons. The SMILES string of the molecule is CC(C)C[C@@H](N)c1cc(F)cc(Br)c1.Cl. The van der Waals surface area contributed by atoms with E-state index < -0.39 is 0 Å². The van der Waals surface area contributed by atoms with Gasteiger partial charge in [-0.25, -0.2) is 4.39 Å². The molecule has 4 heteroatoms. The van der Waals surface area contributed by atoms with Crippen molar-refractivity contribution in [1.29, 1.82) is 0 Å². The number of benzene rings is 1. The molecule has 0 fully saturated rings. The molecule has 1 aromatic carbocycles. The summed E-state index contributed by atoms with van der Waals surface area (Å²) in [7, 11) is 0. The molecule has 0 amide bonds. The third kappa shape index (κ3) is 4.96. The molecule has 1 aromatic rings. The summed E-state index contributed by atoms with van der Waals surface area (Å²) in [5, 5.41) is 0. The maximum Gasteiger partial charge on any atom is 0.124 e. The van der Waals surface area contributed by atoms with Crippen molar-refractivity contribution in [2.75, 3.05) is 0 Å². The van der Waals surface area contributed by atoms with Crippen molar-refractivity contribution in [2.45, 2.75) is 26.3 Å². The van der Waals surface area contributed by atoms with Crippen LogP contribution in [-0.4, -0.2) is 0 Å². The minimum atomic E-state index is -0.242. The maximum atomic E-state index is 13.0. The average Bonchev–Trinajstić information content (AvgIpc) is 2.00. The Kier molecular flexibility index (Phi) is 6.41. The van der Waals surface area contributed by atoms with Gasteiger partial charge in [-0.3, -0.25) is 0 Å². The zero-order valence-electron chi connectivity index (χ0n) is 8.84. The van der Waals surface area contributed by atoms with Crippen molar-refractivity contribution in [3.63, 3.8) is 0 Å². The Morgan fingerprint density at radius 1 is 1.33 bits per heavy atom. The molecule has 0 spiro atoms. The van der Waals surface area contributed by atoms with Gasteiger partial charge >= 0.3 is 0 Å². The van der Waals surface area contributed by atoms with E-state index in [1.165, 1.54) is 12.1 Å². The van der Waals surface area contributed by atoms with Crippen LogP contribution < -0.4 is 5.73 Å². The van der Waals surface area contributed by atoms with Crippen molar-refractivity contribution < 1.29 is 4.39 Å². The highest BCUT2D eigenvalue weighted by Gasteiger charge is 2.09. The van der Waals surface area contributed by atoms with E-state index in [4.69, 9.17) is 5.73 Å². The molecule has 1 atom stereocenters.